The molecule has 0 radical (unpaired) electrons. The van der Waals surface area contributed by atoms with Crippen molar-refractivity contribution in [3.05, 3.63) is 36.0 Å². The number of hydrogen-bond donors (Lipinski definition) is 2. The molecule has 2 aromatic rings. The number of anilines is 1. The number of rotatable bonds is 4. The normalized spacial score (nSPS) is 15.3. The van der Waals surface area contributed by atoms with E-state index in [0.29, 0.717) is 12.5 Å². The SMILES string of the molecule is O=C(O)NCC1CCN(c2nc(Cl)ncc2-c2ccncc2)CC1. The Bertz CT molecular complexity index is 705. The third-order valence-electron chi connectivity index (χ3n) is 4.19. The van der Waals surface area contributed by atoms with Gasteiger partial charge in [0.2, 0.25) is 5.28 Å². The van der Waals surface area contributed by atoms with Crippen molar-refractivity contribution in [2.24, 2.45) is 5.92 Å². The minimum Gasteiger partial charge on any atom is -0.465 e. The van der Waals surface area contributed by atoms with Crippen LogP contribution >= 0.6 is 11.6 Å². The fourth-order valence-electron chi connectivity index (χ4n) is 2.91. The number of hydrogen-bond acceptors (Lipinski definition) is 5. The second kappa shape index (κ2) is 7.44. The van der Waals surface area contributed by atoms with Gasteiger partial charge in [0.15, 0.2) is 0 Å². The minimum atomic E-state index is -0.972. The van der Waals surface area contributed by atoms with Crippen LogP contribution in [0.2, 0.25) is 5.28 Å². The Kier molecular flexibility index (Phi) is 5.10. The summed E-state index contributed by atoms with van der Waals surface area (Å²) < 4.78 is 0. The maximum absolute atomic E-state index is 10.6. The predicted molar refractivity (Wildman–Crippen MR) is 91.2 cm³/mol. The molecule has 3 rings (SSSR count). The number of amides is 1. The van der Waals surface area contributed by atoms with Gasteiger partial charge in [0.05, 0.1) is 0 Å². The topological polar surface area (TPSA) is 91.2 Å². The molecule has 1 amide bonds. The highest BCUT2D eigenvalue weighted by atomic mass is 35.5. The lowest BCUT2D eigenvalue weighted by Crippen LogP contribution is -2.39. The van der Waals surface area contributed by atoms with Gasteiger partial charge < -0.3 is 15.3 Å². The van der Waals surface area contributed by atoms with Crippen molar-refractivity contribution in [3.63, 3.8) is 0 Å². The standard InChI is InChI=1S/C16H18ClN5O2/c17-15-19-10-13(12-1-5-18-6-2-12)14(21-15)22-7-3-11(4-8-22)9-20-16(23)24/h1-2,5-6,10-11,20H,3-4,7-9H2,(H,23,24). The van der Waals surface area contributed by atoms with E-state index in [4.69, 9.17) is 16.7 Å². The number of nitrogens with zero attached hydrogens (tertiary/aromatic N) is 4. The molecule has 2 N–H and O–H groups in total. The molecule has 1 aliphatic rings. The lowest BCUT2D eigenvalue weighted by atomic mass is 9.96. The first-order chi connectivity index (χ1) is 11.6. The van der Waals surface area contributed by atoms with Crippen LogP contribution in [0.4, 0.5) is 10.6 Å². The van der Waals surface area contributed by atoms with Gasteiger partial charge in [-0.3, -0.25) is 4.98 Å². The first-order valence-electron chi connectivity index (χ1n) is 7.78. The summed E-state index contributed by atoms with van der Waals surface area (Å²) in [6.45, 7) is 2.10. The van der Waals surface area contributed by atoms with Crippen LogP contribution in [0, 0.1) is 5.92 Å². The molecular weight excluding hydrogens is 330 g/mol. The van der Waals surface area contributed by atoms with Gasteiger partial charge in [0.1, 0.15) is 5.82 Å². The number of nitrogens with one attached hydrogen (secondary N) is 1. The lowest BCUT2D eigenvalue weighted by Gasteiger charge is -2.33. The van der Waals surface area contributed by atoms with Crippen LogP contribution in [-0.4, -0.2) is 45.8 Å². The van der Waals surface area contributed by atoms with E-state index < -0.39 is 6.09 Å². The third kappa shape index (κ3) is 3.91. The molecule has 1 aliphatic heterocycles. The van der Waals surface area contributed by atoms with Crippen molar-refractivity contribution >= 4 is 23.5 Å². The third-order valence-corrected chi connectivity index (χ3v) is 4.37. The van der Waals surface area contributed by atoms with Gasteiger partial charge in [-0.05, 0) is 48.1 Å². The monoisotopic (exact) mass is 347 g/mol. The Morgan fingerprint density at radius 3 is 2.71 bits per heavy atom. The summed E-state index contributed by atoms with van der Waals surface area (Å²) in [7, 11) is 0. The highest BCUT2D eigenvalue weighted by molar-refractivity contribution is 6.28. The van der Waals surface area contributed by atoms with Crippen molar-refractivity contribution < 1.29 is 9.90 Å². The van der Waals surface area contributed by atoms with E-state index in [-0.39, 0.29) is 5.28 Å². The number of piperidine rings is 1. The van der Waals surface area contributed by atoms with Crippen molar-refractivity contribution in [1.29, 1.82) is 0 Å². The highest BCUT2D eigenvalue weighted by Crippen LogP contribution is 2.31. The summed E-state index contributed by atoms with van der Waals surface area (Å²) in [5.41, 5.74) is 1.91. The van der Waals surface area contributed by atoms with Crippen molar-refractivity contribution in [2.75, 3.05) is 24.5 Å². The number of halogens is 1. The number of pyridine rings is 1. The number of carbonyl (C=O) groups is 1. The van der Waals surface area contributed by atoms with Crippen LogP contribution in [0.15, 0.2) is 30.7 Å². The minimum absolute atomic E-state index is 0.220. The van der Waals surface area contributed by atoms with Crippen molar-refractivity contribution in [2.45, 2.75) is 12.8 Å². The summed E-state index contributed by atoms with van der Waals surface area (Å²) >= 11 is 6.00. The molecule has 1 saturated heterocycles. The first-order valence-corrected chi connectivity index (χ1v) is 8.16. The molecule has 0 aliphatic carbocycles. The maximum atomic E-state index is 10.6. The highest BCUT2D eigenvalue weighted by Gasteiger charge is 2.23. The smallest absolute Gasteiger partial charge is 0.404 e. The molecule has 126 valence electrons. The van der Waals surface area contributed by atoms with E-state index in [1.54, 1.807) is 18.6 Å². The van der Waals surface area contributed by atoms with Crippen LogP contribution < -0.4 is 10.2 Å². The Hall–Kier alpha value is -2.41. The summed E-state index contributed by atoms with van der Waals surface area (Å²) in [5, 5.41) is 11.4. The predicted octanol–water partition coefficient (Wildman–Crippen LogP) is 2.68. The molecule has 0 saturated carbocycles. The largest absolute Gasteiger partial charge is 0.465 e. The van der Waals surface area contributed by atoms with Crippen LogP contribution in [0.5, 0.6) is 0 Å². The second-order valence-electron chi connectivity index (χ2n) is 5.73. The molecule has 1 fully saturated rings. The summed E-state index contributed by atoms with van der Waals surface area (Å²) in [6.07, 6.45) is 6.03. The van der Waals surface area contributed by atoms with Crippen molar-refractivity contribution in [3.8, 4) is 11.1 Å². The van der Waals surface area contributed by atoms with Crippen LogP contribution in [0.1, 0.15) is 12.8 Å². The Labute approximate surface area is 144 Å². The molecule has 8 heteroatoms. The molecule has 2 aromatic heterocycles. The maximum Gasteiger partial charge on any atom is 0.404 e. The number of aromatic nitrogens is 3. The van der Waals surface area contributed by atoms with E-state index in [0.717, 1.165) is 42.9 Å². The summed E-state index contributed by atoms with van der Waals surface area (Å²) in [5.74, 6) is 1.16. The van der Waals surface area contributed by atoms with E-state index >= 15 is 0 Å². The number of carboxylic acid groups (broad SMARTS) is 1. The zero-order valence-electron chi connectivity index (χ0n) is 13.0. The van der Waals surface area contributed by atoms with Gasteiger partial charge >= 0.3 is 6.09 Å². The molecule has 0 aromatic carbocycles. The molecule has 0 unspecified atom stereocenters. The quantitative estimate of drug-likeness (QED) is 0.826. The molecule has 0 spiro atoms. The Morgan fingerprint density at radius 1 is 1.33 bits per heavy atom. The summed E-state index contributed by atoms with van der Waals surface area (Å²) in [4.78, 5) is 25.4. The van der Waals surface area contributed by atoms with Gasteiger partial charge in [-0.25, -0.2) is 9.78 Å². The average Bonchev–Trinajstić information content (AvgIpc) is 2.61. The molecule has 0 atom stereocenters. The van der Waals surface area contributed by atoms with Gasteiger partial charge in [-0.15, -0.1) is 0 Å². The zero-order valence-corrected chi connectivity index (χ0v) is 13.8. The molecule has 7 nitrogen and oxygen atoms in total. The van der Waals surface area contributed by atoms with Crippen LogP contribution in [-0.2, 0) is 0 Å². The fourth-order valence-corrected chi connectivity index (χ4v) is 3.04. The van der Waals surface area contributed by atoms with E-state index in [2.05, 4.69) is 25.2 Å². The Balaban J connectivity index is 1.76. The molecule has 3 heterocycles. The van der Waals surface area contributed by atoms with E-state index in [1.807, 2.05) is 12.1 Å². The fraction of sp³-hybridized carbons (Fsp3) is 0.375. The molecule has 24 heavy (non-hydrogen) atoms. The molecule has 0 bridgehead atoms. The average molecular weight is 348 g/mol. The van der Waals surface area contributed by atoms with Crippen molar-refractivity contribution in [1.82, 2.24) is 20.3 Å². The van der Waals surface area contributed by atoms with Gasteiger partial charge in [0, 0.05) is 43.8 Å². The van der Waals surface area contributed by atoms with Gasteiger partial charge in [-0.2, -0.15) is 4.98 Å². The molecular formula is C16H18ClN5O2. The second-order valence-corrected chi connectivity index (χ2v) is 6.07. The van der Waals surface area contributed by atoms with Gasteiger partial charge in [-0.1, -0.05) is 0 Å². The van der Waals surface area contributed by atoms with E-state index in [1.165, 1.54) is 0 Å². The summed E-state index contributed by atoms with van der Waals surface area (Å²) in [6, 6.07) is 3.83. The van der Waals surface area contributed by atoms with Crippen LogP contribution in [0.3, 0.4) is 0 Å². The Morgan fingerprint density at radius 2 is 2.04 bits per heavy atom. The van der Waals surface area contributed by atoms with Gasteiger partial charge in [0.25, 0.3) is 0 Å². The van der Waals surface area contributed by atoms with E-state index in [9.17, 15) is 4.79 Å². The zero-order chi connectivity index (χ0) is 16.9. The lowest BCUT2D eigenvalue weighted by molar-refractivity contribution is 0.191. The van der Waals surface area contributed by atoms with Crippen LogP contribution in [0.25, 0.3) is 11.1 Å². The first kappa shape index (κ1) is 16.4.